The summed E-state index contributed by atoms with van der Waals surface area (Å²) in [5.74, 6) is -0.400. The fourth-order valence-electron chi connectivity index (χ4n) is 1.92. The lowest BCUT2D eigenvalue weighted by Crippen LogP contribution is -2.29. The maximum absolute atomic E-state index is 12.0. The lowest BCUT2D eigenvalue weighted by molar-refractivity contribution is 0.0671. The zero-order valence-corrected chi connectivity index (χ0v) is 10.9. The third-order valence-electron chi connectivity index (χ3n) is 2.78. The Hall–Kier alpha value is -1.90. The minimum Gasteiger partial charge on any atom is -0.270 e. The molecule has 2 rings (SSSR count). The molecule has 1 aromatic rings. The van der Waals surface area contributed by atoms with Gasteiger partial charge in [-0.2, -0.15) is 0 Å². The highest BCUT2D eigenvalue weighted by Crippen LogP contribution is 2.22. The lowest BCUT2D eigenvalue weighted by Gasteiger charge is -2.14. The molecule has 3 heteroatoms. The molecule has 0 N–H and O–H groups in total. The van der Waals surface area contributed by atoms with Gasteiger partial charge in [-0.3, -0.25) is 14.5 Å². The van der Waals surface area contributed by atoms with Crippen LogP contribution in [0, 0.1) is 5.41 Å². The van der Waals surface area contributed by atoms with E-state index < -0.39 is 0 Å². The molecule has 0 saturated carbocycles. The molecule has 0 aromatic heterocycles. The van der Waals surface area contributed by atoms with E-state index in [9.17, 15) is 9.59 Å². The second kappa shape index (κ2) is 4.41. The number of carbonyl (C=O) groups is 2. The van der Waals surface area contributed by atoms with Gasteiger partial charge in [-0.15, -0.1) is 0 Å². The van der Waals surface area contributed by atoms with Crippen molar-refractivity contribution in [1.29, 1.82) is 0 Å². The van der Waals surface area contributed by atoms with Crippen LogP contribution < -0.4 is 0 Å². The van der Waals surface area contributed by atoms with E-state index in [-0.39, 0.29) is 17.2 Å². The molecule has 1 aliphatic heterocycles. The van der Waals surface area contributed by atoms with Gasteiger partial charge < -0.3 is 0 Å². The molecule has 0 fully saturated rings. The average Bonchev–Trinajstić information content (AvgIpc) is 2.53. The van der Waals surface area contributed by atoms with Gasteiger partial charge in [0.2, 0.25) is 0 Å². The van der Waals surface area contributed by atoms with Crippen LogP contribution in [0.15, 0.2) is 36.4 Å². The third-order valence-corrected chi connectivity index (χ3v) is 2.78. The quantitative estimate of drug-likeness (QED) is 0.591. The summed E-state index contributed by atoms with van der Waals surface area (Å²) in [5, 5.41) is 0. The number of carbonyl (C=O) groups excluding carboxylic acids is 2. The number of hydrogen-bond acceptors (Lipinski definition) is 2. The Labute approximate surface area is 107 Å². The summed E-state index contributed by atoms with van der Waals surface area (Å²) in [6, 6.07) is 6.95. The Kier molecular flexibility index (Phi) is 3.07. The van der Waals surface area contributed by atoms with Gasteiger partial charge in [0.25, 0.3) is 11.8 Å². The first-order valence-electron chi connectivity index (χ1n) is 6.03. The summed E-state index contributed by atoms with van der Waals surface area (Å²) < 4.78 is 0. The fourth-order valence-corrected chi connectivity index (χ4v) is 1.92. The number of allylic oxidation sites excluding steroid dienone is 1. The molecule has 1 aromatic carbocycles. The van der Waals surface area contributed by atoms with E-state index in [2.05, 4.69) is 20.8 Å². The number of benzene rings is 1. The van der Waals surface area contributed by atoms with E-state index in [1.165, 1.54) is 4.90 Å². The van der Waals surface area contributed by atoms with Gasteiger partial charge in [0.05, 0.1) is 11.1 Å². The summed E-state index contributed by atoms with van der Waals surface area (Å²) >= 11 is 0. The Bertz CT molecular complexity index is 489. The van der Waals surface area contributed by atoms with Crippen LogP contribution in [0.5, 0.6) is 0 Å². The van der Waals surface area contributed by atoms with Crippen LogP contribution in [-0.4, -0.2) is 23.3 Å². The molecule has 0 bridgehead atoms. The molecule has 2 amide bonds. The average molecular weight is 243 g/mol. The number of nitrogens with zero attached hydrogens (tertiary/aromatic N) is 1. The predicted molar refractivity (Wildman–Crippen MR) is 70.4 cm³/mol. The van der Waals surface area contributed by atoms with Crippen LogP contribution in [0.3, 0.4) is 0 Å². The largest absolute Gasteiger partial charge is 0.270 e. The second-order valence-electron chi connectivity index (χ2n) is 5.53. The van der Waals surface area contributed by atoms with Gasteiger partial charge >= 0.3 is 0 Å². The van der Waals surface area contributed by atoms with Crippen molar-refractivity contribution in [2.75, 3.05) is 6.54 Å². The van der Waals surface area contributed by atoms with Crippen LogP contribution in [0.4, 0.5) is 0 Å². The van der Waals surface area contributed by atoms with Gasteiger partial charge in [-0.1, -0.05) is 45.1 Å². The van der Waals surface area contributed by atoms with E-state index in [1.54, 1.807) is 24.3 Å². The van der Waals surface area contributed by atoms with E-state index in [0.29, 0.717) is 17.7 Å². The standard InChI is InChI=1S/C15H17NO2/c1-15(2,3)9-6-10-16-13(17)11-7-4-5-8-12(11)14(16)18/h4-9H,10H2,1-3H3/b9-6+. The minimum atomic E-state index is -0.200. The first-order chi connectivity index (χ1) is 8.40. The van der Waals surface area contributed by atoms with Crippen LogP contribution in [-0.2, 0) is 0 Å². The summed E-state index contributed by atoms with van der Waals surface area (Å²) in [6.07, 6.45) is 3.89. The van der Waals surface area contributed by atoms with E-state index in [1.807, 2.05) is 12.2 Å². The molecule has 0 aliphatic carbocycles. The molecule has 0 spiro atoms. The molecule has 0 radical (unpaired) electrons. The summed E-state index contributed by atoms with van der Waals surface area (Å²) in [4.78, 5) is 25.4. The molecule has 18 heavy (non-hydrogen) atoms. The number of amides is 2. The zero-order chi connectivity index (χ0) is 13.3. The molecule has 0 atom stereocenters. The SMILES string of the molecule is CC(C)(C)/C=C/CN1C(=O)c2ccccc2C1=O. The molecule has 94 valence electrons. The summed E-state index contributed by atoms with van der Waals surface area (Å²) in [5.41, 5.74) is 1.07. The van der Waals surface area contributed by atoms with Gasteiger partial charge in [-0.05, 0) is 17.5 Å². The van der Waals surface area contributed by atoms with E-state index in [0.717, 1.165) is 0 Å². The Morgan fingerprint density at radius 1 is 1.06 bits per heavy atom. The molecule has 1 aliphatic rings. The Morgan fingerprint density at radius 2 is 1.56 bits per heavy atom. The topological polar surface area (TPSA) is 37.4 Å². The highest BCUT2D eigenvalue weighted by atomic mass is 16.2. The van der Waals surface area contributed by atoms with Crippen LogP contribution in [0.1, 0.15) is 41.5 Å². The van der Waals surface area contributed by atoms with Crippen molar-refractivity contribution in [2.45, 2.75) is 20.8 Å². The zero-order valence-electron chi connectivity index (χ0n) is 10.9. The predicted octanol–water partition coefficient (Wildman–Crippen LogP) is 2.88. The van der Waals surface area contributed by atoms with Crippen molar-refractivity contribution < 1.29 is 9.59 Å². The van der Waals surface area contributed by atoms with Crippen molar-refractivity contribution in [3.05, 3.63) is 47.5 Å². The van der Waals surface area contributed by atoms with Gasteiger partial charge in [0, 0.05) is 6.54 Å². The molecule has 1 heterocycles. The maximum atomic E-state index is 12.0. The monoisotopic (exact) mass is 243 g/mol. The normalized spacial score (nSPS) is 15.6. The first-order valence-corrected chi connectivity index (χ1v) is 6.03. The van der Waals surface area contributed by atoms with Crippen molar-refractivity contribution in [3.63, 3.8) is 0 Å². The molecule has 0 unspecified atom stereocenters. The first kappa shape index (κ1) is 12.6. The Balaban J connectivity index is 2.17. The third kappa shape index (κ3) is 2.35. The lowest BCUT2D eigenvalue weighted by atomic mass is 9.96. The van der Waals surface area contributed by atoms with Crippen molar-refractivity contribution >= 4 is 11.8 Å². The van der Waals surface area contributed by atoms with E-state index >= 15 is 0 Å². The van der Waals surface area contributed by atoms with Crippen molar-refractivity contribution in [2.24, 2.45) is 5.41 Å². The number of fused-ring (bicyclic) bond motifs is 1. The van der Waals surface area contributed by atoms with Crippen LogP contribution >= 0.6 is 0 Å². The number of imide groups is 1. The van der Waals surface area contributed by atoms with E-state index in [4.69, 9.17) is 0 Å². The van der Waals surface area contributed by atoms with Crippen LogP contribution in [0.25, 0.3) is 0 Å². The van der Waals surface area contributed by atoms with Gasteiger partial charge in [-0.25, -0.2) is 0 Å². The molecule has 0 saturated heterocycles. The number of rotatable bonds is 2. The highest BCUT2D eigenvalue weighted by molar-refractivity contribution is 6.21. The summed E-state index contributed by atoms with van der Waals surface area (Å²) in [6.45, 7) is 6.56. The second-order valence-corrected chi connectivity index (χ2v) is 5.53. The molecular weight excluding hydrogens is 226 g/mol. The number of hydrogen-bond donors (Lipinski definition) is 0. The fraction of sp³-hybridized carbons (Fsp3) is 0.333. The smallest absolute Gasteiger partial charge is 0.261 e. The molecule has 3 nitrogen and oxygen atoms in total. The maximum Gasteiger partial charge on any atom is 0.261 e. The van der Waals surface area contributed by atoms with Crippen molar-refractivity contribution in [1.82, 2.24) is 4.90 Å². The Morgan fingerprint density at radius 3 is 2.00 bits per heavy atom. The minimum absolute atomic E-state index is 0.0542. The molecular formula is C15H17NO2. The van der Waals surface area contributed by atoms with Crippen molar-refractivity contribution in [3.8, 4) is 0 Å². The van der Waals surface area contributed by atoms with Gasteiger partial charge in [0.1, 0.15) is 0 Å². The van der Waals surface area contributed by atoms with Crippen LogP contribution in [0.2, 0.25) is 0 Å². The highest BCUT2D eigenvalue weighted by Gasteiger charge is 2.34. The van der Waals surface area contributed by atoms with Gasteiger partial charge in [0.15, 0.2) is 0 Å². The summed E-state index contributed by atoms with van der Waals surface area (Å²) in [7, 11) is 0.